The van der Waals surface area contributed by atoms with Crippen LogP contribution in [-0.4, -0.2) is 25.5 Å². The predicted molar refractivity (Wildman–Crippen MR) is 144 cm³/mol. The van der Waals surface area contributed by atoms with Crippen molar-refractivity contribution in [1.29, 1.82) is 0 Å². The van der Waals surface area contributed by atoms with Crippen molar-refractivity contribution in [2.45, 2.75) is 26.4 Å². The van der Waals surface area contributed by atoms with E-state index < -0.39 is 11.9 Å². The topological polar surface area (TPSA) is 73.9 Å². The van der Waals surface area contributed by atoms with Crippen LogP contribution in [0.4, 0.5) is 4.39 Å². The molecule has 0 unspecified atom stereocenters. The zero-order chi connectivity index (χ0) is 27.0. The normalized spacial score (nSPS) is 16.1. The molecule has 0 saturated carbocycles. The minimum absolute atomic E-state index is 0.00639. The summed E-state index contributed by atoms with van der Waals surface area (Å²) in [4.78, 5) is 26.7. The van der Waals surface area contributed by atoms with E-state index in [4.69, 9.17) is 14.2 Å². The number of halogens is 2. The van der Waals surface area contributed by atoms with Crippen LogP contribution in [0.3, 0.4) is 0 Å². The van der Waals surface area contributed by atoms with Gasteiger partial charge in [0, 0.05) is 33.9 Å². The first-order valence-electron chi connectivity index (χ1n) is 12.1. The van der Waals surface area contributed by atoms with Crippen LogP contribution in [0.15, 0.2) is 82.0 Å². The number of carbonyl (C=O) groups is 2. The molecule has 38 heavy (non-hydrogen) atoms. The molecule has 0 saturated heterocycles. The zero-order valence-corrected chi connectivity index (χ0v) is 22.6. The van der Waals surface area contributed by atoms with E-state index in [0.717, 1.165) is 5.56 Å². The highest BCUT2D eigenvalue weighted by Crippen LogP contribution is 2.49. The highest BCUT2D eigenvalue weighted by atomic mass is 79.9. The molecule has 6 nitrogen and oxygen atoms in total. The third kappa shape index (κ3) is 4.39. The number of fused-ring (bicyclic) bond motifs is 2. The number of hydrogen-bond donors (Lipinski definition) is 1. The fraction of sp³-hybridized carbons (Fsp3) is 0.200. The molecular weight excluding hydrogens is 553 g/mol. The van der Waals surface area contributed by atoms with Crippen LogP contribution >= 0.6 is 15.9 Å². The molecule has 2 aliphatic rings. The van der Waals surface area contributed by atoms with E-state index >= 15 is 0 Å². The minimum atomic E-state index is -0.713. The van der Waals surface area contributed by atoms with E-state index in [-0.39, 0.29) is 18.2 Å². The Hall–Kier alpha value is -3.91. The molecule has 3 aromatic carbocycles. The molecule has 1 aliphatic carbocycles. The van der Waals surface area contributed by atoms with E-state index in [0.29, 0.717) is 61.8 Å². The Morgan fingerprint density at radius 1 is 1.05 bits per heavy atom. The number of Topliss-reactive ketones (excluding diaryl/α,β-unsaturated/α-hetero) is 1. The van der Waals surface area contributed by atoms with E-state index in [9.17, 15) is 14.0 Å². The summed E-state index contributed by atoms with van der Waals surface area (Å²) in [5, 5.41) is 3.27. The lowest BCUT2D eigenvalue weighted by molar-refractivity contribution is -0.136. The van der Waals surface area contributed by atoms with Gasteiger partial charge in [-0.2, -0.15) is 0 Å². The summed E-state index contributed by atoms with van der Waals surface area (Å²) >= 11 is 3.58. The van der Waals surface area contributed by atoms with Gasteiger partial charge in [0.1, 0.15) is 12.4 Å². The molecule has 0 aromatic heterocycles. The molecule has 194 valence electrons. The molecule has 1 atom stereocenters. The van der Waals surface area contributed by atoms with Crippen LogP contribution < -0.4 is 14.8 Å². The quantitative estimate of drug-likeness (QED) is 0.332. The number of ketones is 1. The Labute approximate surface area is 228 Å². The van der Waals surface area contributed by atoms with Crippen LogP contribution in [0.25, 0.3) is 5.70 Å². The van der Waals surface area contributed by atoms with E-state index in [1.165, 1.54) is 13.2 Å². The highest BCUT2D eigenvalue weighted by molar-refractivity contribution is 9.10. The molecule has 1 aliphatic heterocycles. The Bertz CT molecular complexity index is 1530. The lowest BCUT2D eigenvalue weighted by atomic mass is 9.79. The molecule has 0 bridgehead atoms. The van der Waals surface area contributed by atoms with Gasteiger partial charge in [0.05, 0.1) is 29.5 Å². The van der Waals surface area contributed by atoms with Crippen LogP contribution in [0.1, 0.15) is 46.8 Å². The first-order chi connectivity index (χ1) is 18.3. The van der Waals surface area contributed by atoms with Gasteiger partial charge in [-0.15, -0.1) is 0 Å². The second kappa shape index (κ2) is 10.5. The molecular formula is C30H25BrFNO5. The number of dihydropyridines is 1. The average Bonchev–Trinajstić information content (AvgIpc) is 3.19. The van der Waals surface area contributed by atoms with Crippen LogP contribution in [0, 0.1) is 5.82 Å². The van der Waals surface area contributed by atoms with Crippen molar-refractivity contribution in [1.82, 2.24) is 5.32 Å². The Morgan fingerprint density at radius 2 is 1.76 bits per heavy atom. The number of benzene rings is 3. The first kappa shape index (κ1) is 25.7. The minimum Gasteiger partial charge on any atom is -0.490 e. The van der Waals surface area contributed by atoms with Gasteiger partial charge in [-0.1, -0.05) is 42.5 Å². The summed E-state index contributed by atoms with van der Waals surface area (Å²) in [6.45, 7) is 3.97. The summed E-state index contributed by atoms with van der Waals surface area (Å²) in [6, 6.07) is 17.3. The van der Waals surface area contributed by atoms with Crippen molar-refractivity contribution in [3.63, 3.8) is 0 Å². The number of methoxy groups -OCH3 is 1. The fourth-order valence-corrected chi connectivity index (χ4v) is 5.54. The number of carbonyl (C=O) groups excluding carboxylic acids is 2. The zero-order valence-electron chi connectivity index (χ0n) is 21.1. The standard InChI is InChI=1S/C30H25BrFNO5/c1-4-37-23-14-18(13-21(31)29(23)38-15-17-9-5-8-12-22(17)32)25-24(30(35)36-3)16(2)33-27-19-10-6-7-11-20(19)28(34)26(25)27/h5-14,25,33H,4,15H2,1-3H3/t25-/m0/s1. The summed E-state index contributed by atoms with van der Waals surface area (Å²) in [6.07, 6.45) is 0. The summed E-state index contributed by atoms with van der Waals surface area (Å²) < 4.78 is 31.8. The van der Waals surface area contributed by atoms with Gasteiger partial charge in [0.15, 0.2) is 17.3 Å². The molecule has 1 heterocycles. The Balaban J connectivity index is 1.63. The van der Waals surface area contributed by atoms with Crippen molar-refractivity contribution in [2.75, 3.05) is 13.7 Å². The number of ether oxygens (including phenoxy) is 3. The van der Waals surface area contributed by atoms with Crippen molar-refractivity contribution in [3.05, 3.63) is 110 Å². The number of allylic oxidation sites excluding steroid dienone is 2. The Morgan fingerprint density at radius 3 is 2.47 bits per heavy atom. The van der Waals surface area contributed by atoms with Crippen molar-refractivity contribution in [2.24, 2.45) is 0 Å². The van der Waals surface area contributed by atoms with E-state index in [2.05, 4.69) is 21.2 Å². The smallest absolute Gasteiger partial charge is 0.336 e. The van der Waals surface area contributed by atoms with Crippen LogP contribution in [-0.2, 0) is 16.1 Å². The molecule has 5 rings (SSSR count). The van der Waals surface area contributed by atoms with Gasteiger partial charge in [0.2, 0.25) is 0 Å². The molecule has 8 heteroatoms. The summed E-state index contributed by atoms with van der Waals surface area (Å²) in [5.74, 6) is -0.980. The number of nitrogens with one attached hydrogen (secondary N) is 1. The third-order valence-corrected chi connectivity index (χ3v) is 7.24. The average molecular weight is 578 g/mol. The molecule has 3 aromatic rings. The summed E-state index contributed by atoms with van der Waals surface area (Å²) in [7, 11) is 1.32. The monoisotopic (exact) mass is 577 g/mol. The first-order valence-corrected chi connectivity index (χ1v) is 12.9. The van der Waals surface area contributed by atoms with Crippen molar-refractivity contribution < 1.29 is 28.2 Å². The number of rotatable bonds is 7. The maximum absolute atomic E-state index is 14.2. The predicted octanol–water partition coefficient (Wildman–Crippen LogP) is 6.31. The number of esters is 1. The molecule has 1 N–H and O–H groups in total. The van der Waals surface area contributed by atoms with Gasteiger partial charge >= 0.3 is 5.97 Å². The van der Waals surface area contributed by atoms with E-state index in [1.807, 2.05) is 25.1 Å². The largest absolute Gasteiger partial charge is 0.490 e. The SMILES string of the molecule is CCOc1cc([C@H]2C(C(=O)OC)=C(C)NC3=C2C(=O)c2ccccc23)cc(Br)c1OCc1ccccc1F. The van der Waals surface area contributed by atoms with Gasteiger partial charge in [0.25, 0.3) is 0 Å². The Kier molecular flexibility index (Phi) is 7.08. The molecule has 0 fully saturated rings. The van der Waals surface area contributed by atoms with E-state index in [1.54, 1.807) is 43.3 Å². The molecule has 0 radical (unpaired) electrons. The molecule has 0 amide bonds. The van der Waals surface area contributed by atoms with Crippen molar-refractivity contribution >= 4 is 33.4 Å². The summed E-state index contributed by atoms with van der Waals surface area (Å²) in [5.41, 5.74) is 4.48. The maximum atomic E-state index is 14.2. The van der Waals surface area contributed by atoms with Gasteiger partial charge in [-0.25, -0.2) is 9.18 Å². The van der Waals surface area contributed by atoms with Gasteiger partial charge < -0.3 is 19.5 Å². The highest BCUT2D eigenvalue weighted by Gasteiger charge is 2.43. The fourth-order valence-electron chi connectivity index (χ4n) is 4.97. The lowest BCUT2D eigenvalue weighted by Gasteiger charge is -2.29. The number of hydrogen-bond acceptors (Lipinski definition) is 6. The second-order valence-electron chi connectivity index (χ2n) is 8.89. The third-order valence-electron chi connectivity index (χ3n) is 6.65. The second-order valence-corrected chi connectivity index (χ2v) is 9.75. The van der Waals surface area contributed by atoms with Gasteiger partial charge in [-0.05, 0) is 53.5 Å². The van der Waals surface area contributed by atoms with Crippen molar-refractivity contribution in [3.8, 4) is 11.5 Å². The van der Waals surface area contributed by atoms with Gasteiger partial charge in [-0.3, -0.25) is 4.79 Å². The van der Waals surface area contributed by atoms with Crippen LogP contribution in [0.5, 0.6) is 11.5 Å². The molecule has 0 spiro atoms. The lowest BCUT2D eigenvalue weighted by Crippen LogP contribution is -2.29. The van der Waals surface area contributed by atoms with Crippen LogP contribution in [0.2, 0.25) is 0 Å². The maximum Gasteiger partial charge on any atom is 0.336 e.